The van der Waals surface area contributed by atoms with Crippen LogP contribution in [0.1, 0.15) is 16.2 Å². The molecule has 0 aliphatic heterocycles. The average molecular weight is 211 g/mol. The van der Waals surface area contributed by atoms with E-state index in [1.165, 1.54) is 0 Å². The Kier molecular flexibility index (Phi) is 2.51. The van der Waals surface area contributed by atoms with E-state index in [9.17, 15) is 18.0 Å². The summed E-state index contributed by atoms with van der Waals surface area (Å²) in [6.45, 7) is 0. The molecule has 0 bridgehead atoms. The highest BCUT2D eigenvalue weighted by molar-refractivity contribution is 6.67. The first-order valence-corrected chi connectivity index (χ1v) is 3.38. The van der Waals surface area contributed by atoms with Gasteiger partial charge in [0.1, 0.15) is 0 Å². The summed E-state index contributed by atoms with van der Waals surface area (Å²) >= 11 is 4.97. The molecule has 0 radical (unpaired) electrons. The Hall–Kier alpha value is -1.17. The summed E-state index contributed by atoms with van der Waals surface area (Å²) in [4.78, 5) is 16.3. The summed E-state index contributed by atoms with van der Waals surface area (Å²) in [6.07, 6.45) is -3.15. The maximum Gasteiger partial charge on any atom is 0.451 e. The monoisotopic (exact) mass is 210 g/mol. The Balaban J connectivity index is 3.01. The van der Waals surface area contributed by atoms with Crippen molar-refractivity contribution in [2.75, 3.05) is 0 Å². The van der Waals surface area contributed by atoms with Crippen LogP contribution in [0.2, 0.25) is 0 Å². The summed E-state index contributed by atoms with van der Waals surface area (Å²) in [5.41, 5.74) is -0.172. The van der Waals surface area contributed by atoms with Gasteiger partial charge < -0.3 is 0 Å². The first kappa shape index (κ1) is 9.91. The fraction of sp³-hybridized carbons (Fsp3) is 0.167. The number of nitrogens with zero attached hydrogens (tertiary/aromatic N) is 2. The molecule has 0 aliphatic rings. The van der Waals surface area contributed by atoms with Crippen molar-refractivity contribution in [2.45, 2.75) is 6.18 Å². The lowest BCUT2D eigenvalue weighted by molar-refractivity contribution is -0.145. The number of carbonyl (C=O) groups excluding carboxylic acids is 1. The largest absolute Gasteiger partial charge is 0.451 e. The molecule has 3 nitrogen and oxygen atoms in total. The van der Waals surface area contributed by atoms with Gasteiger partial charge in [0, 0.05) is 12.4 Å². The van der Waals surface area contributed by atoms with Crippen molar-refractivity contribution in [1.29, 1.82) is 0 Å². The van der Waals surface area contributed by atoms with Crippen LogP contribution in [0.5, 0.6) is 0 Å². The van der Waals surface area contributed by atoms with E-state index in [1.54, 1.807) is 0 Å². The zero-order chi connectivity index (χ0) is 10.1. The third-order valence-corrected chi connectivity index (χ3v) is 1.35. The molecule has 0 unspecified atom stereocenters. The maximum absolute atomic E-state index is 11.9. The predicted molar refractivity (Wildman–Crippen MR) is 37.2 cm³/mol. The molecule has 70 valence electrons. The van der Waals surface area contributed by atoms with Crippen LogP contribution in [-0.2, 0) is 6.18 Å². The van der Waals surface area contributed by atoms with Crippen LogP contribution in [0.15, 0.2) is 12.4 Å². The lowest BCUT2D eigenvalue weighted by Crippen LogP contribution is -2.11. The number of hydrogen-bond acceptors (Lipinski definition) is 3. The maximum atomic E-state index is 11.9. The molecule has 0 atom stereocenters. The van der Waals surface area contributed by atoms with E-state index in [0.29, 0.717) is 0 Å². The molecule has 0 saturated heterocycles. The Morgan fingerprint density at radius 2 is 1.77 bits per heavy atom. The van der Waals surface area contributed by atoms with Crippen LogP contribution < -0.4 is 0 Å². The summed E-state index contributed by atoms with van der Waals surface area (Å²) in [5, 5.41) is -0.895. The summed E-state index contributed by atoms with van der Waals surface area (Å²) in [7, 11) is 0. The minimum absolute atomic E-state index is 0.172. The van der Waals surface area contributed by atoms with E-state index in [0.717, 1.165) is 12.4 Å². The second-order valence-electron chi connectivity index (χ2n) is 2.07. The van der Waals surface area contributed by atoms with Crippen molar-refractivity contribution in [3.05, 3.63) is 23.8 Å². The normalized spacial score (nSPS) is 11.4. The first-order chi connectivity index (χ1) is 5.91. The van der Waals surface area contributed by atoms with E-state index in [2.05, 4.69) is 9.97 Å². The third kappa shape index (κ3) is 2.38. The van der Waals surface area contributed by atoms with Crippen molar-refractivity contribution in [3.63, 3.8) is 0 Å². The Morgan fingerprint density at radius 1 is 1.31 bits per heavy atom. The van der Waals surface area contributed by atoms with E-state index in [-0.39, 0.29) is 5.56 Å². The number of alkyl halides is 3. The Labute approximate surface area is 75.6 Å². The Bertz CT molecular complexity index is 322. The zero-order valence-corrected chi connectivity index (χ0v) is 6.73. The molecule has 0 aromatic carbocycles. The second-order valence-corrected chi connectivity index (χ2v) is 2.41. The van der Waals surface area contributed by atoms with Crippen LogP contribution in [-0.4, -0.2) is 15.2 Å². The molecule has 0 aliphatic carbocycles. The summed E-state index contributed by atoms with van der Waals surface area (Å²) < 4.78 is 35.6. The van der Waals surface area contributed by atoms with Crippen molar-refractivity contribution >= 4 is 16.8 Å². The molecule has 1 aromatic rings. The van der Waals surface area contributed by atoms with Gasteiger partial charge in [-0.2, -0.15) is 13.2 Å². The molecule has 0 saturated carbocycles. The standard InChI is InChI=1S/C6H2ClF3N2O/c7-4(13)3-1-11-5(12-2-3)6(8,9)10/h1-2H. The molecule has 0 amide bonds. The van der Waals surface area contributed by atoms with Crippen molar-refractivity contribution in [3.8, 4) is 0 Å². The topological polar surface area (TPSA) is 42.9 Å². The van der Waals surface area contributed by atoms with Crippen molar-refractivity contribution < 1.29 is 18.0 Å². The van der Waals surface area contributed by atoms with E-state index in [4.69, 9.17) is 11.6 Å². The fourth-order valence-electron chi connectivity index (χ4n) is 0.576. The third-order valence-electron chi connectivity index (χ3n) is 1.13. The van der Waals surface area contributed by atoms with Crippen LogP contribution in [0, 0.1) is 0 Å². The predicted octanol–water partition coefficient (Wildman–Crippen LogP) is 1.87. The van der Waals surface area contributed by atoms with Crippen LogP contribution >= 0.6 is 11.6 Å². The molecule has 1 rings (SSSR count). The minimum Gasteiger partial charge on any atom is -0.275 e. The van der Waals surface area contributed by atoms with Gasteiger partial charge >= 0.3 is 6.18 Å². The van der Waals surface area contributed by atoms with Gasteiger partial charge in [-0.25, -0.2) is 9.97 Å². The van der Waals surface area contributed by atoms with Gasteiger partial charge in [-0.3, -0.25) is 4.79 Å². The van der Waals surface area contributed by atoms with E-state index >= 15 is 0 Å². The van der Waals surface area contributed by atoms with Gasteiger partial charge in [0.15, 0.2) is 0 Å². The SMILES string of the molecule is O=C(Cl)c1cnc(C(F)(F)F)nc1. The molecule has 1 heterocycles. The molecule has 0 fully saturated rings. The van der Waals surface area contributed by atoms with E-state index in [1.807, 2.05) is 0 Å². The summed E-state index contributed by atoms with van der Waals surface area (Å²) in [5.74, 6) is -1.30. The van der Waals surface area contributed by atoms with Crippen molar-refractivity contribution in [1.82, 2.24) is 9.97 Å². The van der Waals surface area contributed by atoms with Gasteiger partial charge in [0.05, 0.1) is 5.56 Å². The van der Waals surface area contributed by atoms with Gasteiger partial charge in [-0.05, 0) is 11.6 Å². The molecule has 13 heavy (non-hydrogen) atoms. The van der Waals surface area contributed by atoms with Gasteiger partial charge in [0.25, 0.3) is 5.24 Å². The van der Waals surface area contributed by atoms with Crippen LogP contribution in [0.3, 0.4) is 0 Å². The number of halogens is 4. The van der Waals surface area contributed by atoms with Crippen molar-refractivity contribution in [2.24, 2.45) is 0 Å². The fourth-order valence-corrected chi connectivity index (χ4v) is 0.674. The van der Waals surface area contributed by atoms with Crippen LogP contribution in [0.4, 0.5) is 13.2 Å². The quantitative estimate of drug-likeness (QED) is 0.665. The molecule has 7 heteroatoms. The number of aromatic nitrogens is 2. The zero-order valence-electron chi connectivity index (χ0n) is 5.97. The molecular weight excluding hydrogens is 209 g/mol. The lowest BCUT2D eigenvalue weighted by Gasteiger charge is -2.02. The highest BCUT2D eigenvalue weighted by atomic mass is 35.5. The minimum atomic E-state index is -4.60. The molecule has 1 aromatic heterocycles. The molecule has 0 N–H and O–H groups in total. The lowest BCUT2D eigenvalue weighted by atomic mass is 10.4. The number of rotatable bonds is 1. The smallest absolute Gasteiger partial charge is 0.275 e. The highest BCUT2D eigenvalue weighted by Crippen LogP contribution is 2.25. The number of hydrogen-bond donors (Lipinski definition) is 0. The van der Waals surface area contributed by atoms with Gasteiger partial charge in [0.2, 0.25) is 5.82 Å². The molecular formula is C6H2ClF3N2O. The second kappa shape index (κ2) is 3.29. The number of carbonyl (C=O) groups is 1. The highest BCUT2D eigenvalue weighted by Gasteiger charge is 2.34. The van der Waals surface area contributed by atoms with Crippen LogP contribution in [0.25, 0.3) is 0 Å². The first-order valence-electron chi connectivity index (χ1n) is 3.00. The van der Waals surface area contributed by atoms with Gasteiger partial charge in [-0.1, -0.05) is 0 Å². The van der Waals surface area contributed by atoms with Gasteiger partial charge in [-0.15, -0.1) is 0 Å². The molecule has 0 spiro atoms. The average Bonchev–Trinajstić information content (AvgIpc) is 2.03. The summed E-state index contributed by atoms with van der Waals surface area (Å²) in [6, 6.07) is 0. The Morgan fingerprint density at radius 3 is 2.08 bits per heavy atom. The van der Waals surface area contributed by atoms with E-state index < -0.39 is 17.2 Å².